The van der Waals surface area contributed by atoms with Gasteiger partial charge < -0.3 is 10.4 Å². The maximum atomic E-state index is 12.3. The Morgan fingerprint density at radius 1 is 1.32 bits per heavy atom. The highest BCUT2D eigenvalue weighted by Gasteiger charge is 2.30. The van der Waals surface area contributed by atoms with Crippen LogP contribution in [0.4, 0.5) is 0 Å². The van der Waals surface area contributed by atoms with Crippen LogP contribution >= 0.6 is 0 Å². The second-order valence-electron chi connectivity index (χ2n) is 5.58. The van der Waals surface area contributed by atoms with Gasteiger partial charge in [0, 0.05) is 6.54 Å². The zero-order valence-corrected chi connectivity index (χ0v) is 13.3. The van der Waals surface area contributed by atoms with Crippen molar-refractivity contribution in [3.05, 3.63) is 30.3 Å². The number of sulfonamides is 1. The first-order chi connectivity index (χ1) is 10.4. The molecule has 22 heavy (non-hydrogen) atoms. The summed E-state index contributed by atoms with van der Waals surface area (Å²) in [5, 5.41) is 12.7. The maximum absolute atomic E-state index is 12.3. The Labute approximate surface area is 131 Å². The fraction of sp³-hybridized carbons (Fsp3) is 0.533. The van der Waals surface area contributed by atoms with Gasteiger partial charge in [-0.2, -0.15) is 0 Å². The highest BCUT2D eigenvalue weighted by atomic mass is 32.2. The minimum Gasteiger partial charge on any atom is -0.382 e. The van der Waals surface area contributed by atoms with Gasteiger partial charge in [-0.3, -0.25) is 4.79 Å². The second kappa shape index (κ2) is 7.21. The van der Waals surface area contributed by atoms with E-state index in [4.69, 9.17) is 0 Å². The Balaban J connectivity index is 1.99. The quantitative estimate of drug-likeness (QED) is 0.653. The van der Waals surface area contributed by atoms with Crippen molar-refractivity contribution in [3.63, 3.8) is 0 Å². The second-order valence-corrected chi connectivity index (χ2v) is 7.30. The van der Waals surface area contributed by atoms with Crippen LogP contribution < -0.4 is 10.0 Å². The van der Waals surface area contributed by atoms with E-state index in [9.17, 15) is 18.3 Å². The first kappa shape index (κ1) is 16.9. The van der Waals surface area contributed by atoms with Crippen molar-refractivity contribution in [2.75, 3.05) is 6.54 Å². The lowest BCUT2D eigenvalue weighted by atomic mass is 10.1. The molecule has 1 aromatic rings. The van der Waals surface area contributed by atoms with Crippen molar-refractivity contribution in [2.24, 2.45) is 5.92 Å². The molecule has 0 spiro atoms. The van der Waals surface area contributed by atoms with Crippen molar-refractivity contribution < 1.29 is 18.3 Å². The normalized spacial score (nSPS) is 17.7. The number of hydrogen-bond acceptors (Lipinski definition) is 4. The van der Waals surface area contributed by atoms with Crippen LogP contribution in [0.5, 0.6) is 0 Å². The Morgan fingerprint density at radius 2 is 1.95 bits per heavy atom. The Hall–Kier alpha value is -1.44. The van der Waals surface area contributed by atoms with E-state index in [1.807, 2.05) is 0 Å². The molecule has 1 saturated carbocycles. The summed E-state index contributed by atoms with van der Waals surface area (Å²) in [5.74, 6) is -0.0354. The van der Waals surface area contributed by atoms with Crippen molar-refractivity contribution >= 4 is 15.9 Å². The fourth-order valence-corrected chi connectivity index (χ4v) is 3.44. The number of aliphatic hydroxyl groups excluding tert-OH is 1. The number of amides is 1. The highest BCUT2D eigenvalue weighted by molar-refractivity contribution is 7.89. The van der Waals surface area contributed by atoms with Crippen LogP contribution in [0.15, 0.2) is 35.2 Å². The standard InChI is InChI=1S/C15H22N2O4S/c1-2-13(14(18)15(19)16-10-11-8-9-11)17-22(20,21)12-6-4-3-5-7-12/h3-7,11,13-14,17-18H,2,8-10H2,1H3,(H,16,19). The van der Waals surface area contributed by atoms with Gasteiger partial charge in [-0.25, -0.2) is 13.1 Å². The van der Waals surface area contributed by atoms with Gasteiger partial charge in [-0.15, -0.1) is 0 Å². The molecule has 6 nitrogen and oxygen atoms in total. The lowest BCUT2D eigenvalue weighted by Gasteiger charge is -2.22. The summed E-state index contributed by atoms with van der Waals surface area (Å²) in [7, 11) is -3.76. The molecule has 2 rings (SSSR count). The zero-order valence-electron chi connectivity index (χ0n) is 12.5. The number of hydrogen-bond donors (Lipinski definition) is 3. The number of benzene rings is 1. The van der Waals surface area contributed by atoms with Gasteiger partial charge in [0.1, 0.15) is 6.10 Å². The van der Waals surface area contributed by atoms with Crippen LogP contribution in [0.3, 0.4) is 0 Å². The van der Waals surface area contributed by atoms with E-state index in [-0.39, 0.29) is 4.90 Å². The number of carbonyl (C=O) groups excluding carboxylic acids is 1. The molecule has 1 aliphatic carbocycles. The molecule has 3 N–H and O–H groups in total. The highest BCUT2D eigenvalue weighted by Crippen LogP contribution is 2.27. The predicted molar refractivity (Wildman–Crippen MR) is 82.6 cm³/mol. The van der Waals surface area contributed by atoms with Crippen LogP contribution in [0.2, 0.25) is 0 Å². The van der Waals surface area contributed by atoms with Crippen LogP contribution in [0.1, 0.15) is 26.2 Å². The predicted octanol–water partition coefficient (Wildman–Crippen LogP) is 0.631. The van der Waals surface area contributed by atoms with Crippen LogP contribution in [-0.2, 0) is 14.8 Å². The SMILES string of the molecule is CCC(NS(=O)(=O)c1ccccc1)C(O)C(=O)NCC1CC1. The molecule has 122 valence electrons. The molecule has 0 heterocycles. The number of aliphatic hydroxyl groups is 1. The summed E-state index contributed by atoms with van der Waals surface area (Å²) >= 11 is 0. The number of nitrogens with one attached hydrogen (secondary N) is 2. The third kappa shape index (κ3) is 4.53. The van der Waals surface area contributed by atoms with Gasteiger partial charge in [-0.05, 0) is 37.3 Å². The Kier molecular flexibility index (Phi) is 5.55. The largest absolute Gasteiger partial charge is 0.382 e. The molecule has 1 aromatic carbocycles. The summed E-state index contributed by atoms with van der Waals surface area (Å²) in [6.07, 6.45) is 1.09. The minimum atomic E-state index is -3.76. The van der Waals surface area contributed by atoms with Crippen molar-refractivity contribution in [1.29, 1.82) is 0 Å². The smallest absolute Gasteiger partial charge is 0.250 e. The molecule has 2 unspecified atom stereocenters. The van der Waals surface area contributed by atoms with Crippen molar-refractivity contribution in [3.8, 4) is 0 Å². The number of rotatable bonds is 8. The molecule has 1 fully saturated rings. The van der Waals surface area contributed by atoms with Crippen molar-refractivity contribution in [2.45, 2.75) is 43.2 Å². The topological polar surface area (TPSA) is 95.5 Å². The Bertz CT molecular complexity index is 599. The van der Waals surface area contributed by atoms with Crippen LogP contribution in [-0.4, -0.2) is 38.1 Å². The summed E-state index contributed by atoms with van der Waals surface area (Å²) in [5.41, 5.74) is 0. The van der Waals surface area contributed by atoms with Gasteiger partial charge in [-0.1, -0.05) is 25.1 Å². The zero-order chi connectivity index (χ0) is 16.2. The van der Waals surface area contributed by atoms with E-state index in [0.717, 1.165) is 12.8 Å². The van der Waals surface area contributed by atoms with E-state index in [1.165, 1.54) is 12.1 Å². The molecule has 0 radical (unpaired) electrons. The van der Waals surface area contributed by atoms with Gasteiger partial charge >= 0.3 is 0 Å². The van der Waals surface area contributed by atoms with Crippen LogP contribution in [0.25, 0.3) is 0 Å². The van der Waals surface area contributed by atoms with E-state index in [0.29, 0.717) is 18.9 Å². The molecule has 7 heteroatoms. The fourth-order valence-electron chi connectivity index (χ4n) is 2.09. The molecule has 0 bridgehead atoms. The summed E-state index contributed by atoms with van der Waals surface area (Å²) < 4.78 is 26.9. The molecule has 2 atom stereocenters. The van der Waals surface area contributed by atoms with E-state index < -0.39 is 28.1 Å². The molecule has 0 aromatic heterocycles. The summed E-state index contributed by atoms with van der Waals surface area (Å²) in [4.78, 5) is 12.0. The molecule has 1 aliphatic rings. The van der Waals surface area contributed by atoms with E-state index in [2.05, 4.69) is 10.0 Å². The van der Waals surface area contributed by atoms with Crippen LogP contribution in [0, 0.1) is 5.92 Å². The minimum absolute atomic E-state index is 0.110. The monoisotopic (exact) mass is 326 g/mol. The lowest BCUT2D eigenvalue weighted by Crippen LogP contribution is -2.50. The molecule has 0 saturated heterocycles. The van der Waals surface area contributed by atoms with Gasteiger partial charge in [0.2, 0.25) is 10.0 Å². The third-order valence-corrected chi connectivity index (χ3v) is 5.22. The van der Waals surface area contributed by atoms with Crippen molar-refractivity contribution in [1.82, 2.24) is 10.0 Å². The number of carbonyl (C=O) groups is 1. The summed E-state index contributed by atoms with van der Waals surface area (Å²) in [6, 6.07) is 7.03. The Morgan fingerprint density at radius 3 is 2.50 bits per heavy atom. The third-order valence-electron chi connectivity index (χ3n) is 3.71. The average Bonchev–Trinajstić information content (AvgIpc) is 3.34. The van der Waals surface area contributed by atoms with E-state index >= 15 is 0 Å². The molecular formula is C15H22N2O4S. The molecular weight excluding hydrogens is 304 g/mol. The lowest BCUT2D eigenvalue weighted by molar-refractivity contribution is -0.130. The van der Waals surface area contributed by atoms with E-state index in [1.54, 1.807) is 25.1 Å². The summed E-state index contributed by atoms with van der Waals surface area (Å²) in [6.45, 7) is 2.26. The van der Waals surface area contributed by atoms with Gasteiger partial charge in [0.25, 0.3) is 5.91 Å². The first-order valence-electron chi connectivity index (χ1n) is 7.47. The maximum Gasteiger partial charge on any atom is 0.250 e. The average molecular weight is 326 g/mol. The van der Waals surface area contributed by atoms with Gasteiger partial charge in [0.15, 0.2) is 0 Å². The first-order valence-corrected chi connectivity index (χ1v) is 8.95. The molecule has 1 amide bonds. The molecule has 0 aliphatic heterocycles. The van der Waals surface area contributed by atoms with Gasteiger partial charge in [0.05, 0.1) is 10.9 Å².